The SMILES string of the molecule is CN(Cc1nccs1)Cc1ccc2n(c1=O)C[C@H]1C[C@@H]2CN(c2cnccn2)C1. The molecule has 0 N–H and O–H groups in total. The van der Waals surface area contributed by atoms with Crippen molar-refractivity contribution < 1.29 is 0 Å². The number of thiazole rings is 1. The van der Waals surface area contributed by atoms with Gasteiger partial charge in [0.2, 0.25) is 0 Å². The zero-order valence-electron chi connectivity index (χ0n) is 16.4. The van der Waals surface area contributed by atoms with Crippen LogP contribution in [0.25, 0.3) is 0 Å². The van der Waals surface area contributed by atoms with Crippen molar-refractivity contribution >= 4 is 17.2 Å². The van der Waals surface area contributed by atoms with E-state index in [4.69, 9.17) is 0 Å². The first-order chi connectivity index (χ1) is 14.2. The summed E-state index contributed by atoms with van der Waals surface area (Å²) in [5.41, 5.74) is 2.18. The molecule has 0 amide bonds. The summed E-state index contributed by atoms with van der Waals surface area (Å²) in [5.74, 6) is 1.75. The number of rotatable bonds is 5. The van der Waals surface area contributed by atoms with Crippen molar-refractivity contribution in [3.05, 3.63) is 68.9 Å². The highest BCUT2D eigenvalue weighted by Crippen LogP contribution is 2.36. The van der Waals surface area contributed by atoms with Gasteiger partial charge in [0.25, 0.3) is 5.56 Å². The molecule has 0 saturated carbocycles. The minimum absolute atomic E-state index is 0.163. The molecule has 5 rings (SSSR count). The topological polar surface area (TPSA) is 67.2 Å². The Balaban J connectivity index is 1.36. The predicted octanol–water partition coefficient (Wildman–Crippen LogP) is 2.35. The highest BCUT2D eigenvalue weighted by molar-refractivity contribution is 7.09. The van der Waals surface area contributed by atoms with E-state index < -0.39 is 0 Å². The fourth-order valence-electron chi connectivity index (χ4n) is 4.66. The van der Waals surface area contributed by atoms with Gasteiger partial charge in [-0.3, -0.25) is 14.7 Å². The van der Waals surface area contributed by atoms with E-state index in [1.165, 1.54) is 0 Å². The maximum Gasteiger partial charge on any atom is 0.255 e. The lowest BCUT2D eigenvalue weighted by Crippen LogP contribution is -2.48. The minimum atomic E-state index is 0.163. The summed E-state index contributed by atoms with van der Waals surface area (Å²) in [5, 5.41) is 3.06. The van der Waals surface area contributed by atoms with Gasteiger partial charge in [0, 0.05) is 67.3 Å². The van der Waals surface area contributed by atoms with Gasteiger partial charge in [0.1, 0.15) is 10.8 Å². The molecular weight excluding hydrogens is 384 g/mol. The Morgan fingerprint density at radius 1 is 1.14 bits per heavy atom. The molecule has 2 aliphatic rings. The van der Waals surface area contributed by atoms with E-state index in [1.807, 2.05) is 35.5 Å². The zero-order valence-corrected chi connectivity index (χ0v) is 17.3. The molecule has 0 unspecified atom stereocenters. The van der Waals surface area contributed by atoms with E-state index >= 15 is 0 Å². The summed E-state index contributed by atoms with van der Waals surface area (Å²) in [6.45, 7) is 4.00. The van der Waals surface area contributed by atoms with Crippen molar-refractivity contribution in [2.75, 3.05) is 25.0 Å². The van der Waals surface area contributed by atoms with Crippen molar-refractivity contribution in [3.8, 4) is 0 Å². The van der Waals surface area contributed by atoms with Crippen LogP contribution < -0.4 is 10.5 Å². The number of fused-ring (bicyclic) bond motifs is 4. The largest absolute Gasteiger partial charge is 0.354 e. The first-order valence-corrected chi connectivity index (χ1v) is 10.9. The van der Waals surface area contributed by atoms with Gasteiger partial charge in [-0.15, -0.1) is 11.3 Å². The van der Waals surface area contributed by atoms with Gasteiger partial charge in [-0.25, -0.2) is 9.97 Å². The lowest BCUT2D eigenvalue weighted by Gasteiger charge is -2.43. The van der Waals surface area contributed by atoms with Gasteiger partial charge < -0.3 is 9.47 Å². The highest BCUT2D eigenvalue weighted by Gasteiger charge is 2.35. The van der Waals surface area contributed by atoms with Crippen LogP contribution in [-0.2, 0) is 19.6 Å². The number of nitrogens with zero attached hydrogens (tertiary/aromatic N) is 6. The van der Waals surface area contributed by atoms with Crippen LogP contribution >= 0.6 is 11.3 Å². The lowest BCUT2D eigenvalue weighted by molar-refractivity contribution is 0.276. The van der Waals surface area contributed by atoms with Gasteiger partial charge in [-0.05, 0) is 25.5 Å². The summed E-state index contributed by atoms with van der Waals surface area (Å²) in [6, 6.07) is 4.18. The Morgan fingerprint density at radius 3 is 2.86 bits per heavy atom. The maximum absolute atomic E-state index is 13.2. The Hall–Kier alpha value is -2.58. The van der Waals surface area contributed by atoms with E-state index in [0.29, 0.717) is 18.4 Å². The van der Waals surface area contributed by atoms with Crippen LogP contribution in [0.5, 0.6) is 0 Å². The average molecular weight is 409 g/mol. The van der Waals surface area contributed by atoms with Crippen LogP contribution in [0.2, 0.25) is 0 Å². The van der Waals surface area contributed by atoms with Gasteiger partial charge in [-0.2, -0.15) is 0 Å². The number of hydrogen-bond acceptors (Lipinski definition) is 7. The van der Waals surface area contributed by atoms with Crippen LogP contribution in [0.4, 0.5) is 5.82 Å². The molecule has 150 valence electrons. The molecule has 5 heterocycles. The molecular formula is C21H24N6OS. The Labute approximate surface area is 173 Å². The van der Waals surface area contributed by atoms with Crippen LogP contribution in [0, 0.1) is 5.92 Å². The molecule has 2 atom stereocenters. The number of pyridine rings is 1. The molecule has 7 nitrogen and oxygen atoms in total. The van der Waals surface area contributed by atoms with Crippen LogP contribution in [0.3, 0.4) is 0 Å². The molecule has 1 saturated heterocycles. The first kappa shape index (κ1) is 18.4. The molecule has 29 heavy (non-hydrogen) atoms. The molecule has 0 aromatic carbocycles. The van der Waals surface area contributed by atoms with Crippen LogP contribution in [0.1, 0.15) is 28.6 Å². The van der Waals surface area contributed by atoms with E-state index in [-0.39, 0.29) is 5.56 Å². The highest BCUT2D eigenvalue weighted by atomic mass is 32.1. The summed E-state index contributed by atoms with van der Waals surface area (Å²) in [4.78, 5) is 30.7. The Kier molecular flexibility index (Phi) is 4.89. The maximum atomic E-state index is 13.2. The van der Waals surface area contributed by atoms with E-state index in [2.05, 4.69) is 30.8 Å². The van der Waals surface area contributed by atoms with Gasteiger partial charge >= 0.3 is 0 Å². The summed E-state index contributed by atoms with van der Waals surface area (Å²) in [7, 11) is 2.04. The average Bonchev–Trinajstić information content (AvgIpc) is 3.24. The number of hydrogen-bond donors (Lipinski definition) is 0. The third kappa shape index (κ3) is 3.70. The Bertz CT molecular complexity index is 1040. The monoisotopic (exact) mass is 408 g/mol. The summed E-state index contributed by atoms with van der Waals surface area (Å²) < 4.78 is 2.03. The third-order valence-corrected chi connectivity index (χ3v) is 6.65. The fourth-order valence-corrected chi connectivity index (χ4v) is 5.36. The minimum Gasteiger partial charge on any atom is -0.354 e. The number of aromatic nitrogens is 4. The molecule has 3 aromatic rings. The van der Waals surface area contributed by atoms with E-state index in [0.717, 1.165) is 54.7 Å². The molecule has 2 bridgehead atoms. The van der Waals surface area contributed by atoms with Crippen molar-refractivity contribution in [2.24, 2.45) is 5.92 Å². The summed E-state index contributed by atoms with van der Waals surface area (Å²) in [6.07, 6.45) is 8.24. The molecule has 1 fully saturated rings. The third-order valence-electron chi connectivity index (χ3n) is 5.89. The number of anilines is 1. The van der Waals surface area contributed by atoms with E-state index in [1.54, 1.807) is 23.7 Å². The van der Waals surface area contributed by atoms with Crippen molar-refractivity contribution in [1.29, 1.82) is 0 Å². The number of piperidine rings is 1. The normalized spacial score (nSPS) is 20.7. The van der Waals surface area contributed by atoms with Crippen LogP contribution in [0.15, 0.2) is 47.1 Å². The first-order valence-electron chi connectivity index (χ1n) is 9.98. The standard InChI is InChI=1S/C21H24N6OS/c1-25(14-20-24-6-7-29-20)12-16-2-3-18-17-8-15(11-27(18)21(16)28)10-26(13-17)19-9-22-4-5-23-19/h2-7,9,15,17H,8,10-14H2,1H3/t15-,17+/m0/s1. The predicted molar refractivity (Wildman–Crippen MR) is 113 cm³/mol. The fraction of sp³-hybridized carbons (Fsp3) is 0.429. The van der Waals surface area contributed by atoms with Crippen LogP contribution in [-0.4, -0.2) is 44.6 Å². The molecule has 0 aliphatic carbocycles. The summed E-state index contributed by atoms with van der Waals surface area (Å²) >= 11 is 1.65. The van der Waals surface area contributed by atoms with E-state index in [9.17, 15) is 4.79 Å². The molecule has 8 heteroatoms. The van der Waals surface area contributed by atoms with Gasteiger partial charge in [-0.1, -0.05) is 6.07 Å². The van der Waals surface area contributed by atoms with Crippen molar-refractivity contribution in [2.45, 2.75) is 32.0 Å². The van der Waals surface area contributed by atoms with Crippen molar-refractivity contribution in [1.82, 2.24) is 24.4 Å². The lowest BCUT2D eigenvalue weighted by atomic mass is 9.83. The Morgan fingerprint density at radius 2 is 2.07 bits per heavy atom. The second-order valence-electron chi connectivity index (χ2n) is 8.06. The smallest absolute Gasteiger partial charge is 0.255 e. The molecule has 0 radical (unpaired) electrons. The van der Waals surface area contributed by atoms with Crippen molar-refractivity contribution in [3.63, 3.8) is 0 Å². The molecule has 3 aromatic heterocycles. The molecule has 2 aliphatic heterocycles. The molecule has 0 spiro atoms. The second kappa shape index (κ2) is 7.68. The quantitative estimate of drug-likeness (QED) is 0.646. The van der Waals surface area contributed by atoms with Gasteiger partial charge in [0.05, 0.1) is 12.7 Å². The van der Waals surface area contributed by atoms with Gasteiger partial charge in [0.15, 0.2) is 0 Å². The zero-order chi connectivity index (χ0) is 19.8. The second-order valence-corrected chi connectivity index (χ2v) is 9.04.